The van der Waals surface area contributed by atoms with Crippen molar-refractivity contribution in [1.82, 2.24) is 15.0 Å². The number of benzene rings is 1. The van der Waals surface area contributed by atoms with Crippen molar-refractivity contribution in [2.24, 2.45) is 12.9 Å². The molecule has 7 heteroatoms. The smallest absolute Gasteiger partial charge is 0.145 e. The molecule has 2 rings (SSSR count). The number of halogens is 3. The maximum Gasteiger partial charge on any atom is 0.145 e. The van der Waals surface area contributed by atoms with Gasteiger partial charge in [-0.05, 0) is 28.1 Å². The summed E-state index contributed by atoms with van der Waals surface area (Å²) >= 11 is 3.02. The standard InChI is InChI=1S/C11H11BrF2N4/c1-18-5-4-16-11(18)10(17-15)8-7(13)3-2-6(12)9(8)14/h2-5,10,17H,15H2,1H3. The second-order valence-corrected chi connectivity index (χ2v) is 4.61. The van der Waals surface area contributed by atoms with E-state index in [0.717, 1.165) is 0 Å². The summed E-state index contributed by atoms with van der Waals surface area (Å²) < 4.78 is 29.6. The fourth-order valence-corrected chi connectivity index (χ4v) is 2.10. The number of nitrogens with two attached hydrogens (primary N) is 1. The van der Waals surface area contributed by atoms with Gasteiger partial charge >= 0.3 is 0 Å². The third kappa shape index (κ3) is 2.16. The van der Waals surface area contributed by atoms with Crippen molar-refractivity contribution in [2.45, 2.75) is 6.04 Å². The van der Waals surface area contributed by atoms with E-state index in [0.29, 0.717) is 5.82 Å². The summed E-state index contributed by atoms with van der Waals surface area (Å²) in [4.78, 5) is 4.05. The lowest BCUT2D eigenvalue weighted by Crippen LogP contribution is -2.32. The van der Waals surface area contributed by atoms with Crippen molar-refractivity contribution in [3.63, 3.8) is 0 Å². The molecular weight excluding hydrogens is 306 g/mol. The van der Waals surface area contributed by atoms with Gasteiger partial charge in [0, 0.05) is 19.4 Å². The lowest BCUT2D eigenvalue weighted by atomic mass is 10.1. The number of hydrogen-bond acceptors (Lipinski definition) is 3. The first kappa shape index (κ1) is 13.1. The highest BCUT2D eigenvalue weighted by molar-refractivity contribution is 9.10. The van der Waals surface area contributed by atoms with Crippen LogP contribution in [0.4, 0.5) is 8.78 Å². The van der Waals surface area contributed by atoms with E-state index in [-0.39, 0.29) is 10.0 Å². The molecule has 3 N–H and O–H groups in total. The Morgan fingerprint density at radius 3 is 2.72 bits per heavy atom. The Labute approximate surface area is 111 Å². The Kier molecular flexibility index (Phi) is 3.74. The highest BCUT2D eigenvalue weighted by atomic mass is 79.9. The first-order valence-corrected chi connectivity index (χ1v) is 5.92. The lowest BCUT2D eigenvalue weighted by Gasteiger charge is -2.18. The van der Waals surface area contributed by atoms with E-state index in [9.17, 15) is 8.78 Å². The van der Waals surface area contributed by atoms with Crippen LogP contribution < -0.4 is 11.3 Å². The van der Waals surface area contributed by atoms with Crippen LogP contribution in [0.1, 0.15) is 17.4 Å². The van der Waals surface area contributed by atoms with E-state index in [4.69, 9.17) is 5.84 Å². The van der Waals surface area contributed by atoms with Gasteiger partial charge < -0.3 is 4.57 Å². The topological polar surface area (TPSA) is 55.9 Å². The Bertz CT molecular complexity index is 570. The van der Waals surface area contributed by atoms with E-state index in [1.807, 2.05) is 0 Å². The summed E-state index contributed by atoms with van der Waals surface area (Å²) in [5, 5.41) is 0. The van der Waals surface area contributed by atoms with Crippen molar-refractivity contribution in [3.05, 3.63) is 52.0 Å². The normalized spacial score (nSPS) is 12.7. The molecule has 0 aliphatic rings. The summed E-state index contributed by atoms with van der Waals surface area (Å²) in [5.74, 6) is 4.45. The highest BCUT2D eigenvalue weighted by Gasteiger charge is 2.25. The number of rotatable bonds is 3. The molecule has 18 heavy (non-hydrogen) atoms. The molecule has 1 atom stereocenters. The van der Waals surface area contributed by atoms with E-state index >= 15 is 0 Å². The molecule has 0 fully saturated rings. The summed E-state index contributed by atoms with van der Waals surface area (Å²) in [6.45, 7) is 0. The maximum atomic E-state index is 14.0. The van der Waals surface area contributed by atoms with Crippen molar-refractivity contribution in [1.29, 1.82) is 0 Å². The minimum Gasteiger partial charge on any atom is -0.336 e. The molecule has 0 amide bonds. The van der Waals surface area contributed by atoms with Crippen molar-refractivity contribution >= 4 is 15.9 Å². The monoisotopic (exact) mass is 316 g/mol. The van der Waals surface area contributed by atoms with Gasteiger partial charge in [-0.3, -0.25) is 5.84 Å². The van der Waals surface area contributed by atoms with Crippen molar-refractivity contribution in [2.75, 3.05) is 0 Å². The van der Waals surface area contributed by atoms with Crippen LogP contribution in [0.25, 0.3) is 0 Å². The molecule has 0 saturated heterocycles. The van der Waals surface area contributed by atoms with Crippen LogP contribution in [0, 0.1) is 11.6 Å². The minimum atomic E-state index is -0.859. The number of nitrogens with one attached hydrogen (secondary N) is 1. The van der Waals surface area contributed by atoms with E-state index in [2.05, 4.69) is 26.3 Å². The van der Waals surface area contributed by atoms with Crippen LogP contribution in [-0.4, -0.2) is 9.55 Å². The predicted octanol–water partition coefficient (Wildman–Crippen LogP) is 2.01. The minimum absolute atomic E-state index is 0.166. The first-order chi connectivity index (χ1) is 8.56. The molecule has 0 aliphatic carbocycles. The van der Waals surface area contributed by atoms with Crippen molar-refractivity contribution in [3.8, 4) is 0 Å². The molecule has 2 aromatic rings. The third-order valence-corrected chi connectivity index (χ3v) is 3.26. The number of imidazole rings is 1. The molecule has 1 heterocycles. The molecule has 0 spiro atoms. The number of hydrazine groups is 1. The molecule has 0 radical (unpaired) electrons. The van der Waals surface area contributed by atoms with Crippen LogP contribution in [0.15, 0.2) is 29.0 Å². The average molecular weight is 317 g/mol. The maximum absolute atomic E-state index is 14.0. The molecule has 1 aromatic heterocycles. The second-order valence-electron chi connectivity index (χ2n) is 3.75. The Morgan fingerprint density at radius 1 is 1.44 bits per heavy atom. The number of aromatic nitrogens is 2. The van der Waals surface area contributed by atoms with Gasteiger partial charge in [-0.2, -0.15) is 0 Å². The second kappa shape index (κ2) is 5.13. The Balaban J connectivity index is 2.59. The van der Waals surface area contributed by atoms with Gasteiger partial charge in [-0.15, -0.1) is 0 Å². The summed E-state index contributed by atoms with van der Waals surface area (Å²) in [6, 6.07) is 1.62. The molecule has 0 bridgehead atoms. The quantitative estimate of drug-likeness (QED) is 0.517. The fourth-order valence-electron chi connectivity index (χ4n) is 1.75. The average Bonchev–Trinajstić information content (AvgIpc) is 2.76. The van der Waals surface area contributed by atoms with Gasteiger partial charge in [0.1, 0.15) is 23.5 Å². The molecule has 96 valence electrons. The Hall–Kier alpha value is -1.31. The SMILES string of the molecule is Cn1ccnc1C(NN)c1c(F)ccc(Br)c1F. The van der Waals surface area contributed by atoms with E-state index in [1.54, 1.807) is 17.8 Å². The van der Waals surface area contributed by atoms with Gasteiger partial charge in [0.25, 0.3) is 0 Å². The zero-order valence-corrected chi connectivity index (χ0v) is 11.1. The summed E-state index contributed by atoms with van der Waals surface area (Å²) in [7, 11) is 1.72. The third-order valence-electron chi connectivity index (χ3n) is 2.65. The van der Waals surface area contributed by atoms with Crippen LogP contribution >= 0.6 is 15.9 Å². The zero-order chi connectivity index (χ0) is 13.3. The van der Waals surface area contributed by atoms with E-state index in [1.165, 1.54) is 18.3 Å². The van der Waals surface area contributed by atoms with Crippen LogP contribution in [-0.2, 0) is 7.05 Å². The van der Waals surface area contributed by atoms with Crippen molar-refractivity contribution < 1.29 is 8.78 Å². The van der Waals surface area contributed by atoms with Crippen LogP contribution in [0.2, 0.25) is 0 Å². The molecular formula is C11H11BrF2N4. The van der Waals surface area contributed by atoms with E-state index < -0.39 is 17.7 Å². The summed E-state index contributed by atoms with van der Waals surface area (Å²) in [6.07, 6.45) is 3.21. The number of nitrogens with zero attached hydrogens (tertiary/aromatic N) is 2. The Morgan fingerprint density at radius 2 is 2.17 bits per heavy atom. The number of aryl methyl sites for hydroxylation is 1. The molecule has 1 aromatic carbocycles. The van der Waals surface area contributed by atoms with Gasteiger partial charge in [0.05, 0.1) is 10.0 Å². The van der Waals surface area contributed by atoms with Gasteiger partial charge in [-0.1, -0.05) is 0 Å². The largest absolute Gasteiger partial charge is 0.336 e. The zero-order valence-electron chi connectivity index (χ0n) is 9.49. The molecule has 0 saturated carbocycles. The fraction of sp³-hybridized carbons (Fsp3) is 0.182. The van der Waals surface area contributed by atoms with Gasteiger partial charge in [0.2, 0.25) is 0 Å². The molecule has 1 unspecified atom stereocenters. The molecule has 0 aliphatic heterocycles. The molecule has 4 nitrogen and oxygen atoms in total. The predicted molar refractivity (Wildman–Crippen MR) is 66.4 cm³/mol. The van der Waals surface area contributed by atoms with Crippen LogP contribution in [0.3, 0.4) is 0 Å². The summed E-state index contributed by atoms with van der Waals surface area (Å²) in [5.41, 5.74) is 2.22. The number of hydrogen-bond donors (Lipinski definition) is 2. The van der Waals surface area contributed by atoms with Gasteiger partial charge in [-0.25, -0.2) is 19.2 Å². The van der Waals surface area contributed by atoms with Crippen LogP contribution in [0.5, 0.6) is 0 Å². The first-order valence-electron chi connectivity index (χ1n) is 5.13. The van der Waals surface area contributed by atoms with Gasteiger partial charge in [0.15, 0.2) is 0 Å². The lowest BCUT2D eigenvalue weighted by molar-refractivity contribution is 0.489. The highest BCUT2D eigenvalue weighted by Crippen LogP contribution is 2.29.